The maximum absolute atomic E-state index is 6.02. The van der Waals surface area contributed by atoms with Gasteiger partial charge in [0.15, 0.2) is 0 Å². The van der Waals surface area contributed by atoms with E-state index >= 15 is 0 Å². The maximum atomic E-state index is 6.02. The summed E-state index contributed by atoms with van der Waals surface area (Å²) in [6.45, 7) is 6.58. The highest BCUT2D eigenvalue weighted by molar-refractivity contribution is 4.74. The van der Waals surface area contributed by atoms with E-state index in [0.717, 1.165) is 19.0 Å². The van der Waals surface area contributed by atoms with Crippen molar-refractivity contribution in [3.8, 4) is 0 Å². The topological polar surface area (TPSA) is 38.0 Å². The lowest BCUT2D eigenvalue weighted by molar-refractivity contribution is 0.416. The van der Waals surface area contributed by atoms with Crippen molar-refractivity contribution in [3.63, 3.8) is 0 Å². The van der Waals surface area contributed by atoms with Crippen LogP contribution in [0.3, 0.4) is 0 Å². The van der Waals surface area contributed by atoms with Gasteiger partial charge < -0.3 is 11.1 Å². The Morgan fingerprint density at radius 1 is 1.43 bits per heavy atom. The van der Waals surface area contributed by atoms with Gasteiger partial charge in [-0.3, -0.25) is 0 Å². The van der Waals surface area contributed by atoms with Gasteiger partial charge in [-0.1, -0.05) is 33.1 Å². The third-order valence-corrected chi connectivity index (χ3v) is 3.42. The number of rotatable bonds is 8. The van der Waals surface area contributed by atoms with Crippen molar-refractivity contribution in [2.45, 2.75) is 52.0 Å². The minimum absolute atomic E-state index is 0.334. The molecular weight excluding hydrogens is 172 g/mol. The van der Waals surface area contributed by atoms with E-state index in [1.807, 2.05) is 0 Å². The first kappa shape index (κ1) is 12.0. The van der Waals surface area contributed by atoms with Crippen LogP contribution in [0.25, 0.3) is 0 Å². The Balaban J connectivity index is 1.86. The molecule has 1 rings (SSSR count). The van der Waals surface area contributed by atoms with Gasteiger partial charge in [-0.25, -0.2) is 0 Å². The maximum Gasteiger partial charge on any atom is 0.0191 e. The minimum Gasteiger partial charge on any atom is -0.326 e. The summed E-state index contributed by atoms with van der Waals surface area (Å²) < 4.78 is 0. The summed E-state index contributed by atoms with van der Waals surface area (Å²) in [6, 6.07) is 0.334. The second kappa shape index (κ2) is 6.41. The van der Waals surface area contributed by atoms with Gasteiger partial charge in [0.05, 0.1) is 0 Å². The Morgan fingerprint density at radius 3 is 2.71 bits per heavy atom. The molecule has 0 radical (unpaired) electrons. The molecule has 0 saturated heterocycles. The Kier molecular flexibility index (Phi) is 5.49. The van der Waals surface area contributed by atoms with Crippen LogP contribution in [0.2, 0.25) is 0 Å². The van der Waals surface area contributed by atoms with Crippen molar-refractivity contribution in [2.75, 3.05) is 13.1 Å². The Morgan fingerprint density at radius 2 is 2.14 bits per heavy atom. The molecule has 1 saturated carbocycles. The van der Waals surface area contributed by atoms with Crippen molar-refractivity contribution >= 4 is 0 Å². The molecule has 3 N–H and O–H groups in total. The molecule has 0 aromatic rings. The second-order valence-corrected chi connectivity index (χ2v) is 4.84. The van der Waals surface area contributed by atoms with Crippen LogP contribution in [0, 0.1) is 11.8 Å². The summed E-state index contributed by atoms with van der Waals surface area (Å²) in [4.78, 5) is 0. The fourth-order valence-electron chi connectivity index (χ4n) is 1.69. The van der Waals surface area contributed by atoms with Crippen LogP contribution in [-0.2, 0) is 0 Å². The van der Waals surface area contributed by atoms with Crippen molar-refractivity contribution < 1.29 is 0 Å². The van der Waals surface area contributed by atoms with Crippen LogP contribution in [0.1, 0.15) is 46.0 Å². The third kappa shape index (κ3) is 4.97. The quantitative estimate of drug-likeness (QED) is 0.586. The largest absolute Gasteiger partial charge is 0.326 e. The molecule has 2 heteroatoms. The van der Waals surface area contributed by atoms with E-state index in [2.05, 4.69) is 19.2 Å². The first-order valence-electron chi connectivity index (χ1n) is 6.20. The highest BCUT2D eigenvalue weighted by atomic mass is 14.9. The fraction of sp³-hybridized carbons (Fsp3) is 1.00. The van der Waals surface area contributed by atoms with E-state index in [1.54, 1.807) is 0 Å². The van der Waals surface area contributed by atoms with Crippen molar-refractivity contribution in [3.05, 3.63) is 0 Å². The minimum atomic E-state index is 0.334. The first-order valence-corrected chi connectivity index (χ1v) is 6.20. The number of hydrogen-bond donors (Lipinski definition) is 2. The zero-order chi connectivity index (χ0) is 10.4. The summed E-state index contributed by atoms with van der Waals surface area (Å²) in [5.41, 5.74) is 6.02. The van der Waals surface area contributed by atoms with Gasteiger partial charge in [-0.05, 0) is 31.2 Å². The number of nitrogens with one attached hydrogen (secondary N) is 1. The summed E-state index contributed by atoms with van der Waals surface area (Å²) in [6.07, 6.45) is 6.90. The van der Waals surface area contributed by atoms with Crippen molar-refractivity contribution in [2.24, 2.45) is 17.6 Å². The van der Waals surface area contributed by atoms with Crippen molar-refractivity contribution in [1.29, 1.82) is 0 Å². The van der Waals surface area contributed by atoms with Gasteiger partial charge in [0, 0.05) is 12.6 Å². The zero-order valence-electron chi connectivity index (χ0n) is 9.76. The number of nitrogens with two attached hydrogens (primary N) is 1. The molecule has 14 heavy (non-hydrogen) atoms. The third-order valence-electron chi connectivity index (χ3n) is 3.42. The summed E-state index contributed by atoms with van der Waals surface area (Å²) in [5, 5.41) is 3.46. The predicted octanol–water partition coefficient (Wildman–Crippen LogP) is 2.14. The SMILES string of the molecule is CCC(C)C(N)CNCCCC1CC1. The molecule has 0 aliphatic heterocycles. The molecule has 0 aromatic carbocycles. The molecule has 0 bridgehead atoms. The van der Waals surface area contributed by atoms with Crippen LogP contribution in [-0.4, -0.2) is 19.1 Å². The van der Waals surface area contributed by atoms with Crippen LogP contribution < -0.4 is 11.1 Å². The van der Waals surface area contributed by atoms with Crippen LogP contribution >= 0.6 is 0 Å². The molecule has 1 aliphatic rings. The van der Waals surface area contributed by atoms with Crippen LogP contribution in [0.15, 0.2) is 0 Å². The smallest absolute Gasteiger partial charge is 0.0191 e. The van der Waals surface area contributed by atoms with E-state index < -0.39 is 0 Å². The van der Waals surface area contributed by atoms with Gasteiger partial charge in [0.25, 0.3) is 0 Å². The van der Waals surface area contributed by atoms with Gasteiger partial charge >= 0.3 is 0 Å². The molecular formula is C12H26N2. The Hall–Kier alpha value is -0.0800. The highest BCUT2D eigenvalue weighted by Crippen LogP contribution is 2.33. The summed E-state index contributed by atoms with van der Waals surface area (Å²) >= 11 is 0. The van der Waals surface area contributed by atoms with Crippen molar-refractivity contribution in [1.82, 2.24) is 5.32 Å². The molecule has 0 aromatic heterocycles. The Labute approximate surface area is 88.6 Å². The van der Waals surface area contributed by atoms with Gasteiger partial charge in [-0.15, -0.1) is 0 Å². The van der Waals surface area contributed by atoms with Gasteiger partial charge in [0.1, 0.15) is 0 Å². The predicted molar refractivity (Wildman–Crippen MR) is 62.3 cm³/mol. The molecule has 0 spiro atoms. The van der Waals surface area contributed by atoms with Gasteiger partial charge in [-0.2, -0.15) is 0 Å². The first-order chi connectivity index (χ1) is 6.74. The molecule has 84 valence electrons. The van der Waals surface area contributed by atoms with E-state index in [1.165, 1.54) is 32.1 Å². The molecule has 2 unspecified atom stereocenters. The average molecular weight is 198 g/mol. The van der Waals surface area contributed by atoms with Gasteiger partial charge in [0.2, 0.25) is 0 Å². The van der Waals surface area contributed by atoms with E-state index in [9.17, 15) is 0 Å². The normalized spacial score (nSPS) is 20.8. The molecule has 1 fully saturated rings. The standard InChI is InChI=1S/C12H26N2/c1-3-10(2)12(13)9-14-8-4-5-11-6-7-11/h10-12,14H,3-9,13H2,1-2H3. The average Bonchev–Trinajstić information content (AvgIpc) is 2.99. The fourth-order valence-corrected chi connectivity index (χ4v) is 1.69. The monoisotopic (exact) mass is 198 g/mol. The lowest BCUT2D eigenvalue weighted by atomic mass is 10.0. The van der Waals surface area contributed by atoms with E-state index in [4.69, 9.17) is 5.73 Å². The molecule has 0 amide bonds. The zero-order valence-corrected chi connectivity index (χ0v) is 9.76. The molecule has 1 aliphatic carbocycles. The summed E-state index contributed by atoms with van der Waals surface area (Å²) in [7, 11) is 0. The van der Waals surface area contributed by atoms with Crippen LogP contribution in [0.4, 0.5) is 0 Å². The van der Waals surface area contributed by atoms with E-state index in [0.29, 0.717) is 12.0 Å². The van der Waals surface area contributed by atoms with Crippen LogP contribution in [0.5, 0.6) is 0 Å². The lowest BCUT2D eigenvalue weighted by Gasteiger charge is -2.18. The number of hydrogen-bond acceptors (Lipinski definition) is 2. The lowest BCUT2D eigenvalue weighted by Crippen LogP contribution is -2.39. The molecule has 2 nitrogen and oxygen atoms in total. The Bertz CT molecular complexity index is 143. The van der Waals surface area contributed by atoms with E-state index in [-0.39, 0.29) is 0 Å². The summed E-state index contributed by atoms with van der Waals surface area (Å²) in [5.74, 6) is 1.71. The molecule has 2 atom stereocenters. The highest BCUT2D eigenvalue weighted by Gasteiger charge is 2.19. The molecule has 0 heterocycles. The second-order valence-electron chi connectivity index (χ2n) is 4.84.